The van der Waals surface area contributed by atoms with Crippen molar-refractivity contribution in [2.24, 2.45) is 0 Å². The summed E-state index contributed by atoms with van der Waals surface area (Å²) < 4.78 is 10.6. The highest BCUT2D eigenvalue weighted by atomic mass is 32.2. The summed E-state index contributed by atoms with van der Waals surface area (Å²) in [7, 11) is 3.38. The van der Waals surface area contributed by atoms with Gasteiger partial charge in [-0.15, -0.1) is 0 Å². The number of rotatable bonds is 3. The summed E-state index contributed by atoms with van der Waals surface area (Å²) in [6.45, 7) is 2.10. The van der Waals surface area contributed by atoms with Gasteiger partial charge in [-0.3, -0.25) is 0 Å². The summed E-state index contributed by atoms with van der Waals surface area (Å²) in [6, 6.07) is 6.04. The fourth-order valence-corrected chi connectivity index (χ4v) is 3.01. The molecule has 1 atom stereocenters. The predicted octanol–water partition coefficient (Wildman–Crippen LogP) is 2.08. The van der Waals surface area contributed by atoms with E-state index in [4.69, 9.17) is 9.47 Å². The molecule has 0 aromatic heterocycles. The Labute approximate surface area is 101 Å². The lowest BCUT2D eigenvalue weighted by Gasteiger charge is -2.24. The number of thioether (sulfide) groups is 1. The predicted molar refractivity (Wildman–Crippen MR) is 67.6 cm³/mol. The molecule has 1 aromatic carbocycles. The summed E-state index contributed by atoms with van der Waals surface area (Å²) in [5, 5.41) is 3.89. The molecule has 4 heteroatoms. The van der Waals surface area contributed by atoms with Crippen molar-refractivity contribution in [2.45, 2.75) is 5.25 Å². The molecular weight excluding hydrogens is 222 g/mol. The maximum absolute atomic E-state index is 5.42. The Bertz CT molecular complexity index is 351. The molecule has 1 aliphatic heterocycles. The third-order valence-corrected chi connectivity index (χ3v) is 3.98. The van der Waals surface area contributed by atoms with E-state index in [1.165, 1.54) is 5.56 Å². The van der Waals surface area contributed by atoms with Crippen LogP contribution in [-0.2, 0) is 0 Å². The highest BCUT2D eigenvalue weighted by Gasteiger charge is 2.19. The van der Waals surface area contributed by atoms with Gasteiger partial charge in [0.1, 0.15) is 11.5 Å². The van der Waals surface area contributed by atoms with Crippen LogP contribution in [0.2, 0.25) is 0 Å². The van der Waals surface area contributed by atoms with Gasteiger partial charge >= 0.3 is 0 Å². The quantitative estimate of drug-likeness (QED) is 0.875. The number of nitrogens with one attached hydrogen (secondary N) is 1. The van der Waals surface area contributed by atoms with E-state index in [0.29, 0.717) is 5.25 Å². The van der Waals surface area contributed by atoms with Gasteiger partial charge in [-0.25, -0.2) is 0 Å². The maximum Gasteiger partial charge on any atom is 0.126 e. The van der Waals surface area contributed by atoms with Gasteiger partial charge in [-0.1, -0.05) is 6.07 Å². The maximum atomic E-state index is 5.42. The lowest BCUT2D eigenvalue weighted by molar-refractivity contribution is 0.390. The van der Waals surface area contributed by atoms with E-state index in [1.54, 1.807) is 14.2 Å². The molecule has 2 rings (SSSR count). The number of methoxy groups -OCH3 is 2. The zero-order chi connectivity index (χ0) is 11.4. The third-order valence-electron chi connectivity index (χ3n) is 2.72. The average Bonchev–Trinajstić information content (AvgIpc) is 2.39. The van der Waals surface area contributed by atoms with E-state index in [9.17, 15) is 0 Å². The molecule has 0 radical (unpaired) electrons. The summed E-state index contributed by atoms with van der Waals surface area (Å²) in [5.41, 5.74) is 1.25. The lowest BCUT2D eigenvalue weighted by Crippen LogP contribution is -2.28. The molecule has 88 valence electrons. The second kappa shape index (κ2) is 5.46. The molecule has 0 saturated carbocycles. The third kappa shape index (κ3) is 2.44. The topological polar surface area (TPSA) is 30.5 Å². The van der Waals surface area contributed by atoms with Crippen molar-refractivity contribution in [2.75, 3.05) is 33.1 Å². The summed E-state index contributed by atoms with van der Waals surface area (Å²) in [4.78, 5) is 0. The fraction of sp³-hybridized carbons (Fsp3) is 0.500. The molecule has 0 spiro atoms. The second-order valence-electron chi connectivity index (χ2n) is 3.67. The van der Waals surface area contributed by atoms with Gasteiger partial charge in [-0.2, -0.15) is 11.8 Å². The van der Waals surface area contributed by atoms with Crippen LogP contribution in [0, 0.1) is 0 Å². The zero-order valence-corrected chi connectivity index (χ0v) is 10.5. The van der Waals surface area contributed by atoms with Crippen LogP contribution in [0.15, 0.2) is 18.2 Å². The van der Waals surface area contributed by atoms with Crippen LogP contribution in [0.5, 0.6) is 11.5 Å². The normalized spacial score (nSPS) is 20.5. The Morgan fingerprint density at radius 1 is 1.31 bits per heavy atom. The zero-order valence-electron chi connectivity index (χ0n) is 9.66. The number of ether oxygens (including phenoxy) is 2. The monoisotopic (exact) mass is 239 g/mol. The Balaban J connectivity index is 2.24. The van der Waals surface area contributed by atoms with Crippen LogP contribution in [0.1, 0.15) is 10.8 Å². The van der Waals surface area contributed by atoms with Crippen molar-refractivity contribution in [3.63, 3.8) is 0 Å². The van der Waals surface area contributed by atoms with Crippen molar-refractivity contribution in [1.82, 2.24) is 5.32 Å². The smallest absolute Gasteiger partial charge is 0.126 e. The van der Waals surface area contributed by atoms with Crippen molar-refractivity contribution >= 4 is 11.8 Å². The van der Waals surface area contributed by atoms with Crippen LogP contribution < -0.4 is 14.8 Å². The molecule has 1 fully saturated rings. The molecule has 1 saturated heterocycles. The highest BCUT2D eigenvalue weighted by Crippen LogP contribution is 2.37. The van der Waals surface area contributed by atoms with Gasteiger partial charge in [0.25, 0.3) is 0 Å². The molecule has 0 bridgehead atoms. The molecule has 1 heterocycles. The number of benzene rings is 1. The van der Waals surface area contributed by atoms with Crippen molar-refractivity contribution in [3.05, 3.63) is 23.8 Å². The number of hydrogen-bond donors (Lipinski definition) is 1. The van der Waals surface area contributed by atoms with Gasteiger partial charge in [0.05, 0.1) is 14.2 Å². The van der Waals surface area contributed by atoms with Gasteiger partial charge in [0, 0.05) is 35.7 Å². The van der Waals surface area contributed by atoms with Gasteiger partial charge in [0.15, 0.2) is 0 Å². The van der Waals surface area contributed by atoms with Crippen LogP contribution in [0.25, 0.3) is 0 Å². The average molecular weight is 239 g/mol. The Morgan fingerprint density at radius 2 is 2.19 bits per heavy atom. The van der Waals surface area contributed by atoms with Crippen LogP contribution in [-0.4, -0.2) is 33.1 Å². The summed E-state index contributed by atoms with van der Waals surface area (Å²) in [6.07, 6.45) is 0. The van der Waals surface area contributed by atoms with Crippen molar-refractivity contribution in [3.8, 4) is 11.5 Å². The first-order valence-corrected chi connectivity index (χ1v) is 6.44. The van der Waals surface area contributed by atoms with Crippen molar-refractivity contribution in [1.29, 1.82) is 0 Å². The molecule has 16 heavy (non-hydrogen) atoms. The fourth-order valence-electron chi connectivity index (χ4n) is 1.85. The molecular formula is C12H17NO2S. The molecule has 3 nitrogen and oxygen atoms in total. The van der Waals surface area contributed by atoms with Crippen molar-refractivity contribution < 1.29 is 9.47 Å². The first kappa shape index (κ1) is 11.6. The molecule has 1 aliphatic rings. The highest BCUT2D eigenvalue weighted by molar-refractivity contribution is 7.99. The largest absolute Gasteiger partial charge is 0.497 e. The van der Waals surface area contributed by atoms with E-state index in [1.807, 2.05) is 23.9 Å². The minimum absolute atomic E-state index is 0.481. The first-order chi connectivity index (χ1) is 7.85. The summed E-state index contributed by atoms with van der Waals surface area (Å²) in [5.74, 6) is 2.91. The first-order valence-electron chi connectivity index (χ1n) is 5.39. The van der Waals surface area contributed by atoms with E-state index < -0.39 is 0 Å². The lowest BCUT2D eigenvalue weighted by atomic mass is 10.1. The number of hydrogen-bond acceptors (Lipinski definition) is 4. The van der Waals surface area contributed by atoms with Gasteiger partial charge in [-0.05, 0) is 6.07 Å². The van der Waals surface area contributed by atoms with Gasteiger partial charge in [0.2, 0.25) is 0 Å². The van der Waals surface area contributed by atoms with Gasteiger partial charge < -0.3 is 14.8 Å². The molecule has 0 amide bonds. The Hall–Kier alpha value is -0.870. The Morgan fingerprint density at radius 3 is 2.81 bits per heavy atom. The van der Waals surface area contributed by atoms with E-state index in [0.717, 1.165) is 30.3 Å². The second-order valence-corrected chi connectivity index (χ2v) is 4.98. The molecule has 0 aliphatic carbocycles. The van der Waals surface area contributed by atoms with Crippen LogP contribution in [0.4, 0.5) is 0 Å². The standard InChI is InChI=1S/C12H17NO2S/c1-14-9-3-4-10(11(7-9)15-2)12-8-13-5-6-16-12/h3-4,7,12-13H,5-6,8H2,1-2H3. The van der Waals surface area contributed by atoms with E-state index >= 15 is 0 Å². The molecule has 1 unspecified atom stereocenters. The minimum Gasteiger partial charge on any atom is -0.497 e. The Kier molecular flexibility index (Phi) is 3.96. The van der Waals surface area contributed by atoms with E-state index in [-0.39, 0.29) is 0 Å². The van der Waals surface area contributed by atoms with E-state index in [2.05, 4.69) is 11.4 Å². The molecule has 1 aromatic rings. The SMILES string of the molecule is COc1ccc(C2CNCCS2)c(OC)c1. The van der Waals surface area contributed by atoms with Crippen LogP contribution >= 0.6 is 11.8 Å². The summed E-state index contributed by atoms with van der Waals surface area (Å²) >= 11 is 1.98. The molecule has 1 N–H and O–H groups in total. The minimum atomic E-state index is 0.481. The van der Waals surface area contributed by atoms with Crippen LogP contribution in [0.3, 0.4) is 0 Å².